The molecule has 7 heteroatoms. The second kappa shape index (κ2) is 7.35. The summed E-state index contributed by atoms with van der Waals surface area (Å²) in [6, 6.07) is 12.5. The third-order valence-electron chi connectivity index (χ3n) is 3.32. The number of hydrogen-bond acceptors (Lipinski definition) is 4. The molecule has 0 saturated carbocycles. The Morgan fingerprint density at radius 3 is 2.17 bits per heavy atom. The zero-order valence-corrected chi connectivity index (χ0v) is 14.3. The van der Waals surface area contributed by atoms with Crippen LogP contribution in [-0.4, -0.2) is 32.6 Å². The number of aliphatic carboxylic acids is 1. The Morgan fingerprint density at radius 1 is 1.08 bits per heavy atom. The maximum absolute atomic E-state index is 12.8. The molecular formula is C17H19NO5S. The highest BCUT2D eigenvalue weighted by Gasteiger charge is 2.27. The van der Waals surface area contributed by atoms with E-state index in [2.05, 4.69) is 0 Å². The van der Waals surface area contributed by atoms with Gasteiger partial charge in [-0.2, -0.15) is 0 Å². The molecule has 0 radical (unpaired) electrons. The second-order valence-corrected chi connectivity index (χ2v) is 7.01. The Kier molecular flexibility index (Phi) is 5.46. The third-order valence-corrected chi connectivity index (χ3v) is 5.11. The Morgan fingerprint density at radius 2 is 1.67 bits per heavy atom. The van der Waals surface area contributed by atoms with Gasteiger partial charge in [0.1, 0.15) is 12.3 Å². The van der Waals surface area contributed by atoms with Crippen LogP contribution in [0.5, 0.6) is 5.75 Å². The van der Waals surface area contributed by atoms with Crippen LogP contribution in [0.15, 0.2) is 53.4 Å². The first kappa shape index (κ1) is 17.8. The molecule has 0 bridgehead atoms. The second-order valence-electron chi connectivity index (χ2n) is 5.15. The van der Waals surface area contributed by atoms with Crippen molar-refractivity contribution in [3.8, 4) is 5.75 Å². The van der Waals surface area contributed by atoms with E-state index in [1.165, 1.54) is 24.3 Å². The SMILES string of the molecule is CCOc1ccc(N(CC(=O)O)S(=O)(=O)c2ccc(C)cc2)cc1. The summed E-state index contributed by atoms with van der Waals surface area (Å²) in [4.78, 5) is 11.2. The van der Waals surface area contributed by atoms with Gasteiger partial charge in [0.2, 0.25) is 0 Å². The minimum atomic E-state index is -3.98. The van der Waals surface area contributed by atoms with E-state index in [1.54, 1.807) is 24.3 Å². The predicted octanol–water partition coefficient (Wildman–Crippen LogP) is 2.67. The van der Waals surface area contributed by atoms with Gasteiger partial charge >= 0.3 is 5.97 Å². The summed E-state index contributed by atoms with van der Waals surface area (Å²) in [5.74, 6) is -0.649. The smallest absolute Gasteiger partial charge is 0.324 e. The molecule has 0 aliphatic rings. The molecule has 0 unspecified atom stereocenters. The molecule has 2 aromatic rings. The van der Waals surface area contributed by atoms with Crippen LogP contribution < -0.4 is 9.04 Å². The van der Waals surface area contributed by atoms with E-state index >= 15 is 0 Å². The average molecular weight is 349 g/mol. The summed E-state index contributed by atoms with van der Waals surface area (Å²) in [5, 5.41) is 9.11. The zero-order valence-electron chi connectivity index (χ0n) is 13.5. The van der Waals surface area contributed by atoms with Crippen molar-refractivity contribution in [2.45, 2.75) is 18.7 Å². The molecule has 24 heavy (non-hydrogen) atoms. The predicted molar refractivity (Wildman–Crippen MR) is 91.0 cm³/mol. The summed E-state index contributed by atoms with van der Waals surface area (Å²) >= 11 is 0. The number of ether oxygens (including phenoxy) is 1. The molecule has 0 heterocycles. The van der Waals surface area contributed by atoms with Crippen LogP contribution in [-0.2, 0) is 14.8 Å². The highest BCUT2D eigenvalue weighted by Crippen LogP contribution is 2.26. The van der Waals surface area contributed by atoms with Gasteiger partial charge in [0, 0.05) is 0 Å². The number of benzene rings is 2. The van der Waals surface area contributed by atoms with Gasteiger partial charge in [-0.15, -0.1) is 0 Å². The number of carbonyl (C=O) groups is 1. The summed E-state index contributed by atoms with van der Waals surface area (Å²) in [5.41, 5.74) is 1.18. The lowest BCUT2D eigenvalue weighted by Crippen LogP contribution is -2.35. The van der Waals surface area contributed by atoms with Crippen LogP contribution in [0.25, 0.3) is 0 Å². The van der Waals surface area contributed by atoms with E-state index in [9.17, 15) is 13.2 Å². The molecular weight excluding hydrogens is 330 g/mol. The number of carboxylic acids is 1. The molecule has 0 aliphatic carbocycles. The number of anilines is 1. The topological polar surface area (TPSA) is 83.9 Å². The van der Waals surface area contributed by atoms with Crippen LogP contribution in [0.1, 0.15) is 12.5 Å². The van der Waals surface area contributed by atoms with Gasteiger partial charge in [-0.1, -0.05) is 17.7 Å². The largest absolute Gasteiger partial charge is 0.494 e. The molecule has 1 N–H and O–H groups in total. The molecule has 0 aliphatic heterocycles. The zero-order chi connectivity index (χ0) is 17.7. The van der Waals surface area contributed by atoms with Crippen LogP contribution in [0.4, 0.5) is 5.69 Å². The number of aryl methyl sites for hydroxylation is 1. The van der Waals surface area contributed by atoms with Crippen molar-refractivity contribution in [3.05, 3.63) is 54.1 Å². The molecule has 6 nitrogen and oxygen atoms in total. The van der Waals surface area contributed by atoms with Crippen molar-refractivity contribution >= 4 is 21.7 Å². The summed E-state index contributed by atoms with van der Waals surface area (Å²) < 4.78 is 31.8. The third kappa shape index (κ3) is 4.05. The molecule has 2 rings (SSSR count). The highest BCUT2D eigenvalue weighted by atomic mass is 32.2. The van der Waals surface area contributed by atoms with E-state index in [0.29, 0.717) is 12.4 Å². The lowest BCUT2D eigenvalue weighted by atomic mass is 10.2. The normalized spacial score (nSPS) is 11.1. The Bertz CT molecular complexity index is 798. The first-order valence-electron chi connectivity index (χ1n) is 7.38. The van der Waals surface area contributed by atoms with Gasteiger partial charge in [-0.25, -0.2) is 8.42 Å². The van der Waals surface area contributed by atoms with Crippen molar-refractivity contribution in [1.82, 2.24) is 0 Å². The number of carboxylic acid groups (broad SMARTS) is 1. The molecule has 0 fully saturated rings. The average Bonchev–Trinajstić information content (AvgIpc) is 2.54. The molecule has 128 valence electrons. The van der Waals surface area contributed by atoms with Crippen molar-refractivity contribution in [3.63, 3.8) is 0 Å². The molecule has 0 atom stereocenters. The van der Waals surface area contributed by atoms with Crippen molar-refractivity contribution in [2.75, 3.05) is 17.5 Å². The van der Waals surface area contributed by atoms with Gasteiger partial charge in [-0.05, 0) is 50.2 Å². The van der Waals surface area contributed by atoms with E-state index in [0.717, 1.165) is 9.87 Å². The first-order valence-corrected chi connectivity index (χ1v) is 8.82. The standard InChI is InChI=1S/C17H19NO5S/c1-3-23-15-8-6-14(7-9-15)18(12-17(19)20)24(21,22)16-10-4-13(2)5-11-16/h4-11H,3,12H2,1-2H3,(H,19,20). The number of hydrogen-bond donors (Lipinski definition) is 1. The lowest BCUT2D eigenvalue weighted by Gasteiger charge is -2.23. The van der Waals surface area contributed by atoms with Crippen molar-refractivity contribution in [2.24, 2.45) is 0 Å². The van der Waals surface area contributed by atoms with E-state index < -0.39 is 22.5 Å². The number of nitrogens with zero attached hydrogens (tertiary/aromatic N) is 1. The fourth-order valence-electron chi connectivity index (χ4n) is 2.15. The molecule has 0 spiro atoms. The summed E-state index contributed by atoms with van der Waals surface area (Å²) in [6.45, 7) is 3.51. The molecule has 0 amide bonds. The van der Waals surface area contributed by atoms with Crippen LogP contribution in [0, 0.1) is 6.92 Å². The minimum absolute atomic E-state index is 0.0447. The fourth-order valence-corrected chi connectivity index (χ4v) is 3.56. The maximum atomic E-state index is 12.8. The van der Waals surface area contributed by atoms with Crippen LogP contribution >= 0.6 is 0 Å². The van der Waals surface area contributed by atoms with Gasteiger partial charge in [0.05, 0.1) is 17.2 Å². The van der Waals surface area contributed by atoms with E-state index in [1.807, 2.05) is 13.8 Å². The maximum Gasteiger partial charge on any atom is 0.324 e. The Hall–Kier alpha value is -2.54. The first-order chi connectivity index (χ1) is 11.3. The van der Waals surface area contributed by atoms with E-state index in [-0.39, 0.29) is 10.6 Å². The molecule has 0 saturated heterocycles. The van der Waals surface area contributed by atoms with Crippen LogP contribution in [0.2, 0.25) is 0 Å². The fraction of sp³-hybridized carbons (Fsp3) is 0.235. The van der Waals surface area contributed by atoms with Crippen molar-refractivity contribution in [1.29, 1.82) is 0 Å². The summed E-state index contributed by atoms with van der Waals surface area (Å²) in [7, 11) is -3.98. The van der Waals surface area contributed by atoms with Gasteiger partial charge in [0.15, 0.2) is 0 Å². The Labute approximate surface area is 141 Å². The number of sulfonamides is 1. The van der Waals surface area contributed by atoms with Gasteiger partial charge in [-0.3, -0.25) is 9.10 Å². The monoisotopic (exact) mass is 349 g/mol. The lowest BCUT2D eigenvalue weighted by molar-refractivity contribution is -0.135. The highest BCUT2D eigenvalue weighted by molar-refractivity contribution is 7.92. The van der Waals surface area contributed by atoms with Gasteiger partial charge < -0.3 is 9.84 Å². The van der Waals surface area contributed by atoms with Gasteiger partial charge in [0.25, 0.3) is 10.0 Å². The number of rotatable bonds is 7. The van der Waals surface area contributed by atoms with E-state index in [4.69, 9.17) is 9.84 Å². The Balaban J connectivity index is 2.43. The van der Waals surface area contributed by atoms with Crippen LogP contribution in [0.3, 0.4) is 0 Å². The molecule has 0 aromatic heterocycles. The molecule has 2 aromatic carbocycles. The summed E-state index contributed by atoms with van der Waals surface area (Å²) in [6.07, 6.45) is 0. The quantitative estimate of drug-likeness (QED) is 0.831. The van der Waals surface area contributed by atoms with Crippen molar-refractivity contribution < 1.29 is 23.1 Å². The minimum Gasteiger partial charge on any atom is -0.494 e.